The predicted molar refractivity (Wildman–Crippen MR) is 114 cm³/mol. The molecule has 0 aliphatic carbocycles. The average molecular weight is 446 g/mol. The highest BCUT2D eigenvalue weighted by molar-refractivity contribution is 7.91. The first-order valence-electron chi connectivity index (χ1n) is 9.92. The molecule has 0 spiro atoms. The fourth-order valence-corrected chi connectivity index (χ4v) is 4.25. The van der Waals surface area contributed by atoms with Crippen LogP contribution in [-0.2, 0) is 21.1 Å². The lowest BCUT2D eigenvalue weighted by Crippen LogP contribution is -2.14. The van der Waals surface area contributed by atoms with Crippen molar-refractivity contribution in [1.29, 1.82) is 0 Å². The first-order chi connectivity index (χ1) is 14.7. The van der Waals surface area contributed by atoms with Gasteiger partial charge in [0.05, 0.1) is 17.1 Å². The van der Waals surface area contributed by atoms with Crippen LogP contribution in [-0.4, -0.2) is 30.3 Å². The molecule has 1 N–H and O–H groups in total. The molecular formula is C22H24FN3O4S. The molecule has 0 bridgehead atoms. The second-order valence-corrected chi connectivity index (χ2v) is 9.61. The molecule has 0 atom stereocenters. The van der Waals surface area contributed by atoms with Crippen molar-refractivity contribution >= 4 is 21.8 Å². The van der Waals surface area contributed by atoms with E-state index in [-0.39, 0.29) is 29.5 Å². The Bertz CT molecular complexity index is 1120. The number of carbonyl (C=O) groups is 1. The van der Waals surface area contributed by atoms with Crippen molar-refractivity contribution in [2.24, 2.45) is 0 Å². The summed E-state index contributed by atoms with van der Waals surface area (Å²) in [7, 11) is -3.58. The number of hydrogen-bond acceptors (Lipinski definition) is 6. The highest BCUT2D eigenvalue weighted by atomic mass is 32.2. The van der Waals surface area contributed by atoms with Crippen molar-refractivity contribution in [2.45, 2.75) is 43.9 Å². The molecule has 164 valence electrons. The third-order valence-corrected chi connectivity index (χ3v) is 6.52. The van der Waals surface area contributed by atoms with Gasteiger partial charge in [-0.3, -0.25) is 10.1 Å². The number of nitrogens with one attached hydrogen (secondary N) is 1. The van der Waals surface area contributed by atoms with Gasteiger partial charge in [0.1, 0.15) is 5.82 Å². The number of carbonyl (C=O) groups excluding carboxylic acids is 1. The van der Waals surface area contributed by atoms with E-state index in [1.54, 1.807) is 0 Å². The molecule has 7 nitrogen and oxygen atoms in total. The number of benzene rings is 2. The standard InChI is InChI=1S/C22H24FN3O4S/c1-15(2)17-7-5-16(6-8-17)14-21-25-26-22(30-21)24-20(27)4-3-13-31(28,29)19-11-9-18(23)10-12-19/h5-12,15H,3-4,13-14H2,1-2H3,(H,24,26,27). The van der Waals surface area contributed by atoms with E-state index in [1.165, 1.54) is 17.7 Å². The van der Waals surface area contributed by atoms with Crippen LogP contribution in [0.1, 0.15) is 49.6 Å². The number of anilines is 1. The number of rotatable bonds is 9. The fraction of sp³-hybridized carbons (Fsp3) is 0.318. The monoisotopic (exact) mass is 445 g/mol. The molecule has 31 heavy (non-hydrogen) atoms. The summed E-state index contributed by atoms with van der Waals surface area (Å²) in [6, 6.07) is 12.7. The van der Waals surface area contributed by atoms with E-state index < -0.39 is 21.6 Å². The quantitative estimate of drug-likeness (QED) is 0.497. The summed E-state index contributed by atoms with van der Waals surface area (Å²) in [5.41, 5.74) is 2.25. The SMILES string of the molecule is CC(C)c1ccc(Cc2nnc(NC(=O)CCCS(=O)(=O)c3ccc(F)cc3)o2)cc1. The molecule has 0 radical (unpaired) electrons. The number of nitrogens with zero attached hydrogens (tertiary/aromatic N) is 2. The molecule has 1 aromatic heterocycles. The summed E-state index contributed by atoms with van der Waals surface area (Å²) in [4.78, 5) is 12.1. The number of aromatic nitrogens is 2. The van der Waals surface area contributed by atoms with Crippen molar-refractivity contribution in [3.05, 3.63) is 71.4 Å². The van der Waals surface area contributed by atoms with Crippen LogP contribution in [0, 0.1) is 5.82 Å². The smallest absolute Gasteiger partial charge is 0.322 e. The molecule has 3 aromatic rings. The highest BCUT2D eigenvalue weighted by Gasteiger charge is 2.16. The molecule has 3 rings (SSSR count). The maximum atomic E-state index is 12.9. The Balaban J connectivity index is 1.48. The Hall–Kier alpha value is -3.07. The molecule has 0 aliphatic rings. The van der Waals surface area contributed by atoms with Crippen LogP contribution in [0.4, 0.5) is 10.4 Å². The molecule has 0 aliphatic heterocycles. The highest BCUT2D eigenvalue weighted by Crippen LogP contribution is 2.18. The third-order valence-electron chi connectivity index (χ3n) is 4.70. The van der Waals surface area contributed by atoms with Gasteiger partial charge in [-0.25, -0.2) is 12.8 Å². The zero-order chi connectivity index (χ0) is 22.4. The molecule has 2 aromatic carbocycles. The average Bonchev–Trinajstić information content (AvgIpc) is 3.15. The van der Waals surface area contributed by atoms with Gasteiger partial charge in [0.15, 0.2) is 9.84 Å². The second-order valence-electron chi connectivity index (χ2n) is 7.50. The minimum Gasteiger partial charge on any atom is -0.407 e. The van der Waals surface area contributed by atoms with Crippen LogP contribution in [0.15, 0.2) is 57.8 Å². The fourth-order valence-electron chi connectivity index (χ4n) is 2.93. The predicted octanol–water partition coefficient (Wildman–Crippen LogP) is 4.12. The maximum absolute atomic E-state index is 12.9. The van der Waals surface area contributed by atoms with Gasteiger partial charge >= 0.3 is 6.01 Å². The number of amides is 1. The second kappa shape index (κ2) is 9.82. The molecule has 0 saturated heterocycles. The summed E-state index contributed by atoms with van der Waals surface area (Å²) < 4.78 is 42.8. The van der Waals surface area contributed by atoms with Gasteiger partial charge in [-0.05, 0) is 47.7 Å². The zero-order valence-electron chi connectivity index (χ0n) is 17.3. The largest absolute Gasteiger partial charge is 0.407 e. The minimum absolute atomic E-state index is 0.0253. The van der Waals surface area contributed by atoms with Gasteiger partial charge < -0.3 is 4.42 Å². The summed E-state index contributed by atoms with van der Waals surface area (Å²) >= 11 is 0. The molecule has 0 unspecified atom stereocenters. The van der Waals surface area contributed by atoms with E-state index in [0.717, 1.165) is 17.7 Å². The van der Waals surface area contributed by atoms with Crippen molar-refractivity contribution in [3.8, 4) is 0 Å². The first kappa shape index (κ1) is 22.6. The zero-order valence-corrected chi connectivity index (χ0v) is 18.2. The van der Waals surface area contributed by atoms with E-state index in [4.69, 9.17) is 4.42 Å². The summed E-state index contributed by atoms with van der Waals surface area (Å²) in [5, 5.41) is 10.2. The van der Waals surface area contributed by atoms with Crippen molar-refractivity contribution in [2.75, 3.05) is 11.1 Å². The topological polar surface area (TPSA) is 102 Å². The number of sulfone groups is 1. The molecule has 0 fully saturated rings. The molecule has 1 amide bonds. The van der Waals surface area contributed by atoms with Crippen LogP contribution >= 0.6 is 0 Å². The van der Waals surface area contributed by atoms with Gasteiger partial charge in [0.25, 0.3) is 0 Å². The van der Waals surface area contributed by atoms with Gasteiger partial charge in [0, 0.05) is 6.42 Å². The third kappa shape index (κ3) is 6.45. The summed E-state index contributed by atoms with van der Waals surface area (Å²) in [6.45, 7) is 4.25. The molecule has 1 heterocycles. The van der Waals surface area contributed by atoms with Crippen LogP contribution in [0.25, 0.3) is 0 Å². The lowest BCUT2D eigenvalue weighted by molar-refractivity contribution is -0.116. The summed E-state index contributed by atoms with van der Waals surface area (Å²) in [6.07, 6.45) is 0.515. The Labute approximate surface area is 180 Å². The van der Waals surface area contributed by atoms with Gasteiger partial charge in [-0.15, -0.1) is 5.10 Å². The van der Waals surface area contributed by atoms with Crippen LogP contribution in [0.2, 0.25) is 0 Å². The Kier molecular flexibility index (Phi) is 7.17. The minimum atomic E-state index is -3.58. The number of hydrogen-bond donors (Lipinski definition) is 1. The van der Waals surface area contributed by atoms with Crippen LogP contribution in [0.5, 0.6) is 0 Å². The van der Waals surface area contributed by atoms with Crippen LogP contribution < -0.4 is 5.32 Å². The van der Waals surface area contributed by atoms with Crippen molar-refractivity contribution < 1.29 is 22.0 Å². The van der Waals surface area contributed by atoms with Gasteiger partial charge in [0.2, 0.25) is 11.8 Å². The Morgan fingerprint density at radius 1 is 1.06 bits per heavy atom. The molecular weight excluding hydrogens is 421 g/mol. The Morgan fingerprint density at radius 3 is 2.39 bits per heavy atom. The lowest BCUT2D eigenvalue weighted by atomic mass is 10.0. The number of halogens is 1. The molecule has 0 saturated carbocycles. The van der Waals surface area contributed by atoms with Crippen LogP contribution in [0.3, 0.4) is 0 Å². The van der Waals surface area contributed by atoms with E-state index in [0.29, 0.717) is 18.2 Å². The van der Waals surface area contributed by atoms with E-state index >= 15 is 0 Å². The lowest BCUT2D eigenvalue weighted by Gasteiger charge is -2.05. The van der Waals surface area contributed by atoms with E-state index in [9.17, 15) is 17.6 Å². The normalized spacial score (nSPS) is 11.6. The first-order valence-corrected chi connectivity index (χ1v) is 11.6. The van der Waals surface area contributed by atoms with Crippen molar-refractivity contribution in [1.82, 2.24) is 10.2 Å². The van der Waals surface area contributed by atoms with E-state index in [2.05, 4.69) is 41.5 Å². The van der Waals surface area contributed by atoms with Crippen molar-refractivity contribution in [3.63, 3.8) is 0 Å². The van der Waals surface area contributed by atoms with Gasteiger partial charge in [-0.1, -0.05) is 43.2 Å². The maximum Gasteiger partial charge on any atom is 0.322 e. The molecule has 9 heteroatoms. The van der Waals surface area contributed by atoms with E-state index in [1.807, 2.05) is 12.1 Å². The Morgan fingerprint density at radius 2 is 1.74 bits per heavy atom. The summed E-state index contributed by atoms with van der Waals surface area (Å²) in [5.74, 6) is -0.347. The van der Waals surface area contributed by atoms with Gasteiger partial charge in [-0.2, -0.15) is 0 Å².